The molecule has 0 N–H and O–H groups in total. The zero-order valence-electron chi connectivity index (χ0n) is 10.4. The molecular weight excluding hydrogens is 298 g/mol. The number of rotatable bonds is 1. The van der Waals surface area contributed by atoms with Crippen LogP contribution in [0.2, 0.25) is 0 Å². The van der Waals surface area contributed by atoms with E-state index in [1.807, 2.05) is 7.05 Å². The van der Waals surface area contributed by atoms with Crippen LogP contribution >= 0.6 is 15.9 Å². The highest BCUT2D eigenvalue weighted by Gasteiger charge is 2.29. The van der Waals surface area contributed by atoms with Gasteiger partial charge in [-0.3, -0.25) is 4.79 Å². The molecule has 98 valence electrons. The zero-order chi connectivity index (χ0) is 12.7. The smallest absolute Gasteiger partial charge is 0.242 e. The first kappa shape index (κ1) is 12.2. The van der Waals surface area contributed by atoms with Gasteiger partial charge in [0.15, 0.2) is 0 Å². The van der Waals surface area contributed by atoms with Gasteiger partial charge in [-0.05, 0) is 28.8 Å². The predicted molar refractivity (Wildman–Crippen MR) is 69.2 cm³/mol. The van der Waals surface area contributed by atoms with Crippen molar-refractivity contribution >= 4 is 21.8 Å². The van der Waals surface area contributed by atoms with Gasteiger partial charge in [-0.1, -0.05) is 0 Å². The number of ether oxygens (including phenoxy) is 1. The fourth-order valence-electron chi connectivity index (χ4n) is 2.64. The van der Waals surface area contributed by atoms with Gasteiger partial charge in [0.25, 0.3) is 0 Å². The van der Waals surface area contributed by atoms with Crippen molar-refractivity contribution in [3.05, 3.63) is 16.1 Å². The molecule has 6 heteroatoms. The molecule has 0 saturated carbocycles. The molecule has 0 spiro atoms. The molecule has 1 fully saturated rings. The molecule has 3 rings (SSSR count). The summed E-state index contributed by atoms with van der Waals surface area (Å²) in [6, 6.07) is 0. The van der Waals surface area contributed by atoms with Gasteiger partial charge in [-0.15, -0.1) is 0 Å². The molecule has 5 nitrogen and oxygen atoms in total. The van der Waals surface area contributed by atoms with E-state index in [0.29, 0.717) is 19.0 Å². The number of fused-ring (bicyclic) bond motifs is 1. The van der Waals surface area contributed by atoms with Crippen LogP contribution < -0.4 is 0 Å². The topological polar surface area (TPSA) is 47.4 Å². The van der Waals surface area contributed by atoms with Crippen molar-refractivity contribution < 1.29 is 9.53 Å². The van der Waals surface area contributed by atoms with Crippen molar-refractivity contribution in [1.29, 1.82) is 0 Å². The van der Waals surface area contributed by atoms with Crippen LogP contribution in [0.15, 0.2) is 4.60 Å². The monoisotopic (exact) mass is 313 g/mol. The van der Waals surface area contributed by atoms with E-state index in [1.54, 1.807) is 4.90 Å². The lowest BCUT2D eigenvalue weighted by Crippen LogP contribution is -2.37. The molecule has 0 aromatic carbocycles. The molecule has 1 amide bonds. The highest BCUT2D eigenvalue weighted by Crippen LogP contribution is 2.32. The summed E-state index contributed by atoms with van der Waals surface area (Å²) in [5.41, 5.74) is 1.11. The summed E-state index contributed by atoms with van der Waals surface area (Å²) in [6.45, 7) is 2.63. The number of aromatic nitrogens is 2. The van der Waals surface area contributed by atoms with Gasteiger partial charge in [0.1, 0.15) is 17.0 Å². The number of likely N-dealkylation sites (N-methyl/N-ethyl adjacent to an activating group) is 1. The maximum absolute atomic E-state index is 11.8. The highest BCUT2D eigenvalue weighted by atomic mass is 79.9. The number of carbonyl (C=O) groups excluding carboxylic acids is 1. The predicted octanol–water partition coefficient (Wildman–Crippen LogP) is 1.51. The first-order valence-corrected chi connectivity index (χ1v) is 7.02. The van der Waals surface area contributed by atoms with Gasteiger partial charge < -0.3 is 14.2 Å². The van der Waals surface area contributed by atoms with E-state index in [2.05, 4.69) is 25.5 Å². The molecule has 0 aliphatic carbocycles. The fraction of sp³-hybridized carbons (Fsp3) is 0.667. The van der Waals surface area contributed by atoms with E-state index in [9.17, 15) is 4.79 Å². The van der Waals surface area contributed by atoms with Gasteiger partial charge in [-0.25, -0.2) is 4.98 Å². The lowest BCUT2D eigenvalue weighted by molar-refractivity contribution is -0.132. The van der Waals surface area contributed by atoms with Gasteiger partial charge in [0.05, 0.1) is 12.2 Å². The summed E-state index contributed by atoms with van der Waals surface area (Å²) >= 11 is 3.52. The molecule has 1 saturated heterocycles. The largest absolute Gasteiger partial charge is 0.381 e. The third-order valence-electron chi connectivity index (χ3n) is 3.75. The highest BCUT2D eigenvalue weighted by molar-refractivity contribution is 9.10. The van der Waals surface area contributed by atoms with Gasteiger partial charge >= 0.3 is 0 Å². The second-order valence-corrected chi connectivity index (χ2v) is 5.68. The van der Waals surface area contributed by atoms with Crippen LogP contribution in [-0.4, -0.2) is 40.6 Å². The zero-order valence-corrected chi connectivity index (χ0v) is 11.9. The van der Waals surface area contributed by atoms with Crippen molar-refractivity contribution in [3.63, 3.8) is 0 Å². The van der Waals surface area contributed by atoms with Crippen molar-refractivity contribution in [2.45, 2.75) is 31.8 Å². The minimum Gasteiger partial charge on any atom is -0.381 e. The molecule has 0 unspecified atom stereocenters. The Bertz CT molecular complexity index is 480. The number of hydrogen-bond acceptors (Lipinski definition) is 3. The molecular formula is C12H16BrN3O2. The van der Waals surface area contributed by atoms with Crippen LogP contribution in [0.4, 0.5) is 0 Å². The van der Waals surface area contributed by atoms with Crippen LogP contribution in [0, 0.1) is 0 Å². The molecule has 0 radical (unpaired) electrons. The molecule has 2 aliphatic heterocycles. The first-order valence-electron chi connectivity index (χ1n) is 6.23. The minimum atomic E-state index is 0.153. The Hall–Kier alpha value is -0.880. The Balaban J connectivity index is 1.96. The van der Waals surface area contributed by atoms with Crippen LogP contribution in [-0.2, 0) is 22.6 Å². The lowest BCUT2D eigenvalue weighted by atomic mass is 9.99. The molecule has 1 aromatic heterocycles. The fourth-order valence-corrected chi connectivity index (χ4v) is 3.16. The van der Waals surface area contributed by atoms with Gasteiger partial charge in [0.2, 0.25) is 5.91 Å². The summed E-state index contributed by atoms with van der Waals surface area (Å²) in [4.78, 5) is 18.2. The van der Waals surface area contributed by atoms with Crippen LogP contribution in [0.5, 0.6) is 0 Å². The molecule has 18 heavy (non-hydrogen) atoms. The third kappa shape index (κ3) is 1.97. The SMILES string of the molecule is CN1Cc2c(Br)nc(C3CCOCC3)n2CC1=O. The minimum absolute atomic E-state index is 0.153. The van der Waals surface area contributed by atoms with Crippen LogP contribution in [0.1, 0.15) is 30.3 Å². The normalized spacial score (nSPS) is 21.2. The summed E-state index contributed by atoms with van der Waals surface area (Å²) in [5.74, 6) is 1.61. The van der Waals surface area contributed by atoms with Gasteiger partial charge in [-0.2, -0.15) is 0 Å². The summed E-state index contributed by atoms with van der Waals surface area (Å²) in [6.07, 6.45) is 1.99. The van der Waals surface area contributed by atoms with E-state index in [4.69, 9.17) is 4.74 Å². The average molecular weight is 314 g/mol. The Labute approximate surface area is 114 Å². The number of nitrogens with zero attached hydrogens (tertiary/aromatic N) is 3. The van der Waals surface area contributed by atoms with E-state index < -0.39 is 0 Å². The molecule has 0 atom stereocenters. The molecule has 1 aromatic rings. The van der Waals surface area contributed by atoms with Crippen molar-refractivity contribution in [2.75, 3.05) is 20.3 Å². The summed E-state index contributed by atoms with van der Waals surface area (Å²) in [5, 5.41) is 0. The van der Waals surface area contributed by atoms with Gasteiger partial charge in [0, 0.05) is 26.2 Å². The maximum Gasteiger partial charge on any atom is 0.242 e. The standard InChI is InChI=1S/C12H16BrN3O2/c1-15-6-9-11(13)14-12(16(9)7-10(15)17)8-2-4-18-5-3-8/h8H,2-7H2,1H3. The van der Waals surface area contributed by atoms with Crippen molar-refractivity contribution in [1.82, 2.24) is 14.5 Å². The summed E-state index contributed by atoms with van der Waals surface area (Å²) in [7, 11) is 1.83. The van der Waals surface area contributed by atoms with Crippen molar-refractivity contribution in [3.8, 4) is 0 Å². The Kier molecular flexibility index (Phi) is 3.15. The summed E-state index contributed by atoms with van der Waals surface area (Å²) < 4.78 is 8.35. The van der Waals surface area contributed by atoms with E-state index in [-0.39, 0.29) is 5.91 Å². The quantitative estimate of drug-likeness (QED) is 0.789. The number of hydrogen-bond donors (Lipinski definition) is 0. The first-order chi connectivity index (χ1) is 8.66. The van der Waals surface area contributed by atoms with Crippen LogP contribution in [0.25, 0.3) is 0 Å². The Morgan fingerprint density at radius 1 is 1.33 bits per heavy atom. The second kappa shape index (κ2) is 4.66. The van der Waals surface area contributed by atoms with Crippen LogP contribution in [0.3, 0.4) is 0 Å². The van der Waals surface area contributed by atoms with E-state index in [1.165, 1.54) is 0 Å². The molecule has 0 bridgehead atoms. The molecule has 3 heterocycles. The average Bonchev–Trinajstić information content (AvgIpc) is 2.69. The number of carbonyl (C=O) groups is 1. The number of imidazole rings is 1. The van der Waals surface area contributed by atoms with E-state index >= 15 is 0 Å². The Morgan fingerprint density at radius 2 is 2.06 bits per heavy atom. The third-order valence-corrected chi connectivity index (χ3v) is 4.38. The number of halogens is 1. The van der Waals surface area contributed by atoms with E-state index in [0.717, 1.165) is 42.2 Å². The lowest BCUT2D eigenvalue weighted by Gasteiger charge is -2.28. The number of amides is 1. The van der Waals surface area contributed by atoms with Crippen molar-refractivity contribution in [2.24, 2.45) is 0 Å². The maximum atomic E-state index is 11.8. The Morgan fingerprint density at radius 3 is 2.78 bits per heavy atom. The second-order valence-electron chi connectivity index (χ2n) is 4.93. The molecule has 2 aliphatic rings.